The third-order valence-corrected chi connectivity index (χ3v) is 3.40. The number of likely N-dealkylation sites (N-methyl/N-ethyl adjacent to an activating group) is 1. The van der Waals surface area contributed by atoms with Crippen LogP contribution in [0.15, 0.2) is 54.6 Å². The molecule has 0 aromatic heterocycles. The zero-order chi connectivity index (χ0) is 18.2. The second kappa shape index (κ2) is 8.39. The SMILES string of the molecule is CNC(=O)Cc1ccc(NC(=O)/C=C/c2ccc([N+](=O)[O-])cc2)cc1. The van der Waals surface area contributed by atoms with E-state index in [-0.39, 0.29) is 23.9 Å². The summed E-state index contributed by atoms with van der Waals surface area (Å²) in [6, 6.07) is 12.9. The number of nitrogens with zero attached hydrogens (tertiary/aromatic N) is 1. The Hall–Kier alpha value is -3.48. The molecule has 0 atom stereocenters. The fourth-order valence-corrected chi connectivity index (χ4v) is 2.04. The number of non-ortho nitro benzene ring substituents is 1. The van der Waals surface area contributed by atoms with Gasteiger partial charge in [0, 0.05) is 30.9 Å². The van der Waals surface area contributed by atoms with Crippen LogP contribution in [0.5, 0.6) is 0 Å². The molecule has 2 N–H and O–H groups in total. The first-order valence-electron chi connectivity index (χ1n) is 7.51. The van der Waals surface area contributed by atoms with Crippen molar-refractivity contribution >= 4 is 29.3 Å². The van der Waals surface area contributed by atoms with Crippen LogP contribution in [0, 0.1) is 10.1 Å². The summed E-state index contributed by atoms with van der Waals surface area (Å²) in [7, 11) is 1.58. The first kappa shape index (κ1) is 17.9. The molecule has 0 aliphatic rings. The molecular weight excluding hydrogens is 322 g/mol. The van der Waals surface area contributed by atoms with Gasteiger partial charge in [0.1, 0.15) is 0 Å². The number of nitro groups is 1. The lowest BCUT2D eigenvalue weighted by molar-refractivity contribution is -0.384. The van der Waals surface area contributed by atoms with E-state index >= 15 is 0 Å². The van der Waals surface area contributed by atoms with Crippen molar-refractivity contribution in [1.29, 1.82) is 0 Å². The fourth-order valence-electron chi connectivity index (χ4n) is 2.04. The van der Waals surface area contributed by atoms with E-state index in [1.807, 2.05) is 0 Å². The summed E-state index contributed by atoms with van der Waals surface area (Å²) in [6.45, 7) is 0. The van der Waals surface area contributed by atoms with E-state index in [2.05, 4.69) is 10.6 Å². The molecule has 0 unspecified atom stereocenters. The fraction of sp³-hybridized carbons (Fsp3) is 0.111. The van der Waals surface area contributed by atoms with E-state index in [1.54, 1.807) is 49.5 Å². The Kier molecular flexibility index (Phi) is 6.00. The van der Waals surface area contributed by atoms with Crippen molar-refractivity contribution in [3.8, 4) is 0 Å². The maximum atomic E-state index is 11.9. The molecule has 0 fully saturated rings. The average molecular weight is 339 g/mol. The molecule has 0 radical (unpaired) electrons. The first-order valence-corrected chi connectivity index (χ1v) is 7.51. The normalized spacial score (nSPS) is 10.4. The smallest absolute Gasteiger partial charge is 0.269 e. The van der Waals surface area contributed by atoms with Gasteiger partial charge in [0.15, 0.2) is 0 Å². The van der Waals surface area contributed by atoms with Crippen LogP contribution in [0.25, 0.3) is 6.08 Å². The lowest BCUT2D eigenvalue weighted by Crippen LogP contribution is -2.19. The molecule has 0 spiro atoms. The van der Waals surface area contributed by atoms with Gasteiger partial charge in [-0.3, -0.25) is 19.7 Å². The molecule has 2 amide bonds. The third kappa shape index (κ3) is 5.58. The molecule has 0 heterocycles. The van der Waals surface area contributed by atoms with E-state index in [9.17, 15) is 19.7 Å². The number of nitrogens with one attached hydrogen (secondary N) is 2. The molecule has 2 aromatic rings. The standard InChI is InChI=1S/C18H17N3O4/c1-19-18(23)12-14-2-7-15(8-3-14)20-17(22)11-6-13-4-9-16(10-5-13)21(24)25/h2-11H,12H2,1H3,(H,19,23)(H,20,22)/b11-6+. The van der Waals surface area contributed by atoms with E-state index in [0.717, 1.165) is 5.56 Å². The zero-order valence-corrected chi connectivity index (χ0v) is 13.6. The second-order valence-corrected chi connectivity index (χ2v) is 5.22. The van der Waals surface area contributed by atoms with Gasteiger partial charge in [0.25, 0.3) is 5.69 Å². The van der Waals surface area contributed by atoms with Crippen LogP contribution in [0.2, 0.25) is 0 Å². The highest BCUT2D eigenvalue weighted by atomic mass is 16.6. The lowest BCUT2D eigenvalue weighted by atomic mass is 10.1. The van der Waals surface area contributed by atoms with Gasteiger partial charge in [0.2, 0.25) is 11.8 Å². The Morgan fingerprint density at radius 3 is 2.28 bits per heavy atom. The molecule has 2 rings (SSSR count). The quantitative estimate of drug-likeness (QED) is 0.480. The first-order chi connectivity index (χ1) is 12.0. The summed E-state index contributed by atoms with van der Waals surface area (Å²) in [6.07, 6.45) is 3.20. The number of anilines is 1. The van der Waals surface area contributed by atoms with Crippen molar-refractivity contribution in [3.63, 3.8) is 0 Å². The number of hydrogen-bond acceptors (Lipinski definition) is 4. The highest BCUT2D eigenvalue weighted by Gasteiger charge is 2.04. The minimum atomic E-state index is -0.478. The summed E-state index contributed by atoms with van der Waals surface area (Å²) >= 11 is 0. The lowest BCUT2D eigenvalue weighted by Gasteiger charge is -2.04. The Balaban J connectivity index is 1.93. The maximum Gasteiger partial charge on any atom is 0.269 e. The molecule has 0 saturated heterocycles. The van der Waals surface area contributed by atoms with Gasteiger partial charge in [0.05, 0.1) is 11.3 Å². The number of rotatable bonds is 6. The van der Waals surface area contributed by atoms with Crippen molar-refractivity contribution in [2.24, 2.45) is 0 Å². The van der Waals surface area contributed by atoms with Crippen molar-refractivity contribution in [2.75, 3.05) is 12.4 Å². The topological polar surface area (TPSA) is 101 Å². The summed E-state index contributed by atoms with van der Waals surface area (Å²) < 4.78 is 0. The van der Waals surface area contributed by atoms with Gasteiger partial charge in [-0.2, -0.15) is 0 Å². The van der Waals surface area contributed by atoms with Crippen molar-refractivity contribution in [2.45, 2.75) is 6.42 Å². The molecule has 7 nitrogen and oxygen atoms in total. The largest absolute Gasteiger partial charge is 0.359 e. The average Bonchev–Trinajstić information content (AvgIpc) is 2.62. The zero-order valence-electron chi connectivity index (χ0n) is 13.6. The molecule has 128 valence electrons. The van der Waals surface area contributed by atoms with Crippen molar-refractivity contribution in [3.05, 3.63) is 75.8 Å². The molecule has 2 aromatic carbocycles. The Morgan fingerprint density at radius 1 is 1.08 bits per heavy atom. The van der Waals surface area contributed by atoms with Crippen LogP contribution in [-0.4, -0.2) is 23.8 Å². The third-order valence-electron chi connectivity index (χ3n) is 3.40. The minimum absolute atomic E-state index is 0.00144. The van der Waals surface area contributed by atoms with E-state index in [1.165, 1.54) is 18.2 Å². The van der Waals surface area contributed by atoms with Gasteiger partial charge in [-0.15, -0.1) is 0 Å². The highest BCUT2D eigenvalue weighted by Crippen LogP contribution is 2.13. The number of carbonyl (C=O) groups is 2. The molecule has 7 heteroatoms. The van der Waals surface area contributed by atoms with Gasteiger partial charge in [-0.1, -0.05) is 12.1 Å². The predicted molar refractivity (Wildman–Crippen MR) is 95.0 cm³/mol. The Morgan fingerprint density at radius 2 is 1.72 bits per heavy atom. The van der Waals surface area contributed by atoms with Gasteiger partial charge in [-0.25, -0.2) is 0 Å². The van der Waals surface area contributed by atoms with Crippen LogP contribution >= 0.6 is 0 Å². The molecule has 0 aliphatic heterocycles. The van der Waals surface area contributed by atoms with E-state index in [0.29, 0.717) is 11.3 Å². The Bertz CT molecular complexity index is 796. The minimum Gasteiger partial charge on any atom is -0.359 e. The van der Waals surface area contributed by atoms with E-state index in [4.69, 9.17) is 0 Å². The van der Waals surface area contributed by atoms with Crippen molar-refractivity contribution < 1.29 is 14.5 Å². The van der Waals surface area contributed by atoms with Gasteiger partial charge in [-0.05, 0) is 41.5 Å². The Labute approximate surface area is 144 Å². The number of benzene rings is 2. The maximum absolute atomic E-state index is 11.9. The molecule has 0 bridgehead atoms. The van der Waals surface area contributed by atoms with Crippen LogP contribution in [0.1, 0.15) is 11.1 Å². The van der Waals surface area contributed by atoms with Crippen LogP contribution < -0.4 is 10.6 Å². The molecule has 25 heavy (non-hydrogen) atoms. The van der Waals surface area contributed by atoms with Crippen LogP contribution in [-0.2, 0) is 16.0 Å². The molecule has 0 aliphatic carbocycles. The van der Waals surface area contributed by atoms with Gasteiger partial charge >= 0.3 is 0 Å². The summed E-state index contributed by atoms with van der Waals surface area (Å²) in [4.78, 5) is 33.3. The molecule has 0 saturated carbocycles. The second-order valence-electron chi connectivity index (χ2n) is 5.22. The number of carbonyl (C=O) groups excluding carboxylic acids is 2. The summed E-state index contributed by atoms with van der Waals surface area (Å²) in [5.41, 5.74) is 2.14. The van der Waals surface area contributed by atoms with E-state index < -0.39 is 4.92 Å². The predicted octanol–water partition coefficient (Wildman–Crippen LogP) is 2.54. The highest BCUT2D eigenvalue weighted by molar-refractivity contribution is 6.01. The van der Waals surface area contributed by atoms with Crippen molar-refractivity contribution in [1.82, 2.24) is 5.32 Å². The summed E-state index contributed by atoms with van der Waals surface area (Å²) in [5.74, 6) is -0.403. The van der Waals surface area contributed by atoms with Crippen LogP contribution in [0.3, 0.4) is 0 Å². The summed E-state index contributed by atoms with van der Waals surface area (Å²) in [5, 5.41) is 15.8. The van der Waals surface area contributed by atoms with Crippen LogP contribution in [0.4, 0.5) is 11.4 Å². The number of amides is 2. The molecular formula is C18H17N3O4. The number of nitro benzene ring substituents is 1. The van der Waals surface area contributed by atoms with Gasteiger partial charge < -0.3 is 10.6 Å². The monoisotopic (exact) mass is 339 g/mol. The number of hydrogen-bond donors (Lipinski definition) is 2.